The van der Waals surface area contributed by atoms with Gasteiger partial charge in [0, 0.05) is 26.8 Å². The lowest BCUT2D eigenvalue weighted by Crippen LogP contribution is -2.41. The van der Waals surface area contributed by atoms with Crippen LogP contribution in [-0.4, -0.2) is 54.4 Å². The number of pyridine rings is 1. The molecule has 0 spiro atoms. The van der Waals surface area contributed by atoms with Crippen molar-refractivity contribution < 1.29 is 4.79 Å². The van der Waals surface area contributed by atoms with Crippen LogP contribution in [0.1, 0.15) is 18.7 Å². The first-order valence-corrected chi connectivity index (χ1v) is 6.15. The lowest BCUT2D eigenvalue weighted by molar-refractivity contribution is -0.130. The zero-order valence-electron chi connectivity index (χ0n) is 11.3. The van der Waals surface area contributed by atoms with Crippen molar-refractivity contribution in [3.05, 3.63) is 30.1 Å². The van der Waals surface area contributed by atoms with Crippen molar-refractivity contribution in [3.8, 4) is 0 Å². The van der Waals surface area contributed by atoms with Crippen molar-refractivity contribution >= 4 is 5.91 Å². The van der Waals surface area contributed by atoms with Gasteiger partial charge in [-0.05, 0) is 18.7 Å². The third-order valence-electron chi connectivity index (χ3n) is 2.94. The third kappa shape index (κ3) is 3.78. The molecule has 1 rings (SSSR count). The summed E-state index contributed by atoms with van der Waals surface area (Å²) in [7, 11) is 3.52. The Kier molecular flexibility index (Phi) is 5.74. The average Bonchev–Trinajstić information content (AvgIpc) is 2.39. The van der Waals surface area contributed by atoms with E-state index in [1.165, 1.54) is 0 Å². The average molecular weight is 250 g/mol. The Morgan fingerprint density at radius 2 is 2.17 bits per heavy atom. The van der Waals surface area contributed by atoms with Gasteiger partial charge in [0.1, 0.15) is 0 Å². The second-order valence-electron chi connectivity index (χ2n) is 4.36. The van der Waals surface area contributed by atoms with Gasteiger partial charge in [0.05, 0.1) is 18.3 Å². The Morgan fingerprint density at radius 1 is 1.44 bits per heavy atom. The number of aromatic nitrogens is 1. The Bertz CT molecular complexity index is 367. The fraction of sp³-hybridized carbons (Fsp3) is 0.538. The minimum absolute atomic E-state index is 0.0138. The molecule has 0 aromatic carbocycles. The number of hydrogen-bond acceptors (Lipinski definition) is 4. The maximum atomic E-state index is 11.8. The van der Waals surface area contributed by atoms with E-state index >= 15 is 0 Å². The van der Waals surface area contributed by atoms with Gasteiger partial charge in [-0.15, -0.1) is 0 Å². The van der Waals surface area contributed by atoms with Crippen LogP contribution in [0.2, 0.25) is 0 Å². The summed E-state index contributed by atoms with van der Waals surface area (Å²) < 4.78 is 0. The molecule has 5 heteroatoms. The minimum Gasteiger partial charge on any atom is -0.348 e. The summed E-state index contributed by atoms with van der Waals surface area (Å²) in [6.45, 7) is 3.60. The molecule has 0 aliphatic heterocycles. The third-order valence-corrected chi connectivity index (χ3v) is 2.94. The highest BCUT2D eigenvalue weighted by atomic mass is 16.2. The summed E-state index contributed by atoms with van der Waals surface area (Å²) in [5, 5.41) is 0. The van der Waals surface area contributed by atoms with Crippen LogP contribution in [0.3, 0.4) is 0 Å². The summed E-state index contributed by atoms with van der Waals surface area (Å²) in [4.78, 5) is 19.7. The fourth-order valence-electron chi connectivity index (χ4n) is 1.79. The highest BCUT2D eigenvalue weighted by molar-refractivity contribution is 5.77. The molecule has 1 atom stereocenters. The van der Waals surface area contributed by atoms with Gasteiger partial charge >= 0.3 is 0 Å². The molecule has 0 fully saturated rings. The van der Waals surface area contributed by atoms with Crippen molar-refractivity contribution in [2.24, 2.45) is 5.73 Å². The summed E-state index contributed by atoms with van der Waals surface area (Å²) in [5.41, 5.74) is 6.74. The molecular formula is C13H22N4O. The van der Waals surface area contributed by atoms with Crippen LogP contribution in [0.4, 0.5) is 0 Å². The van der Waals surface area contributed by atoms with E-state index in [4.69, 9.17) is 5.73 Å². The number of carbonyl (C=O) groups excluding carboxylic acids is 1. The molecule has 18 heavy (non-hydrogen) atoms. The molecule has 2 N–H and O–H groups in total. The predicted molar refractivity (Wildman–Crippen MR) is 72.0 cm³/mol. The van der Waals surface area contributed by atoms with Crippen molar-refractivity contribution in [1.29, 1.82) is 0 Å². The first-order valence-electron chi connectivity index (χ1n) is 6.15. The molecule has 0 bridgehead atoms. The zero-order valence-corrected chi connectivity index (χ0v) is 11.3. The fourth-order valence-corrected chi connectivity index (χ4v) is 1.79. The quantitative estimate of drug-likeness (QED) is 0.798. The van der Waals surface area contributed by atoms with Crippen LogP contribution < -0.4 is 5.73 Å². The van der Waals surface area contributed by atoms with E-state index < -0.39 is 0 Å². The molecule has 0 radical (unpaired) electrons. The molecule has 0 aliphatic rings. The van der Waals surface area contributed by atoms with Crippen LogP contribution in [0.25, 0.3) is 0 Å². The second kappa shape index (κ2) is 7.08. The Labute approximate surface area is 109 Å². The summed E-state index contributed by atoms with van der Waals surface area (Å²) >= 11 is 0. The van der Waals surface area contributed by atoms with Crippen LogP contribution in [-0.2, 0) is 4.79 Å². The molecule has 1 unspecified atom stereocenters. The molecule has 1 amide bonds. The van der Waals surface area contributed by atoms with Gasteiger partial charge < -0.3 is 10.6 Å². The molecule has 1 aromatic rings. The lowest BCUT2D eigenvalue weighted by Gasteiger charge is -2.29. The minimum atomic E-state index is -0.0138. The van der Waals surface area contributed by atoms with E-state index in [1.54, 1.807) is 25.2 Å². The second-order valence-corrected chi connectivity index (χ2v) is 4.36. The van der Waals surface area contributed by atoms with E-state index in [-0.39, 0.29) is 11.9 Å². The molecule has 5 nitrogen and oxygen atoms in total. The number of rotatable bonds is 6. The van der Waals surface area contributed by atoms with Gasteiger partial charge in [-0.1, -0.05) is 13.0 Å². The van der Waals surface area contributed by atoms with E-state index in [2.05, 4.69) is 4.98 Å². The van der Waals surface area contributed by atoms with E-state index in [0.29, 0.717) is 13.1 Å². The smallest absolute Gasteiger partial charge is 0.236 e. The van der Waals surface area contributed by atoms with Crippen molar-refractivity contribution in [1.82, 2.24) is 14.8 Å². The number of amides is 1. The zero-order chi connectivity index (χ0) is 13.5. The van der Waals surface area contributed by atoms with E-state index in [1.807, 2.05) is 30.0 Å². The Balaban J connectivity index is 2.81. The van der Waals surface area contributed by atoms with Gasteiger partial charge in [-0.3, -0.25) is 14.7 Å². The first-order chi connectivity index (χ1) is 8.60. The van der Waals surface area contributed by atoms with Gasteiger partial charge in [0.25, 0.3) is 0 Å². The molecule has 0 saturated carbocycles. The lowest BCUT2D eigenvalue weighted by atomic mass is 10.1. The topological polar surface area (TPSA) is 62.5 Å². The monoisotopic (exact) mass is 250 g/mol. The largest absolute Gasteiger partial charge is 0.348 e. The number of carbonyl (C=O) groups is 1. The SMILES string of the molecule is CCN(CC(=O)N(C)C)C(CN)c1ccccn1. The van der Waals surface area contributed by atoms with Crippen LogP contribution in [0.15, 0.2) is 24.4 Å². The molecule has 0 aliphatic carbocycles. The normalized spacial score (nSPS) is 12.5. The van der Waals surface area contributed by atoms with E-state index in [9.17, 15) is 4.79 Å². The molecule has 1 heterocycles. The van der Waals surface area contributed by atoms with E-state index in [0.717, 1.165) is 12.2 Å². The van der Waals surface area contributed by atoms with Gasteiger partial charge in [0.2, 0.25) is 5.91 Å². The number of nitrogens with zero attached hydrogens (tertiary/aromatic N) is 3. The Morgan fingerprint density at radius 3 is 2.61 bits per heavy atom. The van der Waals surface area contributed by atoms with Gasteiger partial charge in [-0.2, -0.15) is 0 Å². The number of likely N-dealkylation sites (N-methyl/N-ethyl adjacent to an activating group) is 2. The molecule has 1 aromatic heterocycles. The first kappa shape index (κ1) is 14.6. The van der Waals surface area contributed by atoms with Crippen LogP contribution in [0.5, 0.6) is 0 Å². The van der Waals surface area contributed by atoms with Crippen molar-refractivity contribution in [3.63, 3.8) is 0 Å². The number of nitrogens with two attached hydrogens (primary N) is 1. The van der Waals surface area contributed by atoms with Crippen LogP contribution in [0, 0.1) is 0 Å². The predicted octanol–water partition coefficient (Wildman–Crippen LogP) is 0.492. The summed E-state index contributed by atoms with van der Waals surface area (Å²) in [6, 6.07) is 5.74. The molecule has 0 saturated heterocycles. The highest BCUT2D eigenvalue weighted by Gasteiger charge is 2.21. The standard InChI is InChI=1S/C13H22N4O/c1-4-17(10-13(18)16(2)3)12(9-14)11-7-5-6-8-15-11/h5-8,12H,4,9-10,14H2,1-3H3. The van der Waals surface area contributed by atoms with Crippen LogP contribution >= 0.6 is 0 Å². The van der Waals surface area contributed by atoms with Crippen molar-refractivity contribution in [2.45, 2.75) is 13.0 Å². The maximum absolute atomic E-state index is 11.8. The van der Waals surface area contributed by atoms with Crippen molar-refractivity contribution in [2.75, 3.05) is 33.7 Å². The Hall–Kier alpha value is -1.46. The maximum Gasteiger partial charge on any atom is 0.236 e. The van der Waals surface area contributed by atoms with Gasteiger partial charge in [0.15, 0.2) is 0 Å². The molecular weight excluding hydrogens is 228 g/mol. The highest BCUT2D eigenvalue weighted by Crippen LogP contribution is 2.16. The summed E-state index contributed by atoms with van der Waals surface area (Å²) in [5.74, 6) is 0.0752. The van der Waals surface area contributed by atoms with Gasteiger partial charge in [-0.25, -0.2) is 0 Å². The summed E-state index contributed by atoms with van der Waals surface area (Å²) in [6.07, 6.45) is 1.75. The number of hydrogen-bond donors (Lipinski definition) is 1. The molecule has 100 valence electrons.